The molecule has 1 atom stereocenters. The summed E-state index contributed by atoms with van der Waals surface area (Å²) in [6.07, 6.45) is 1.41. The fraction of sp³-hybridized carbons (Fsp3) is 0.400. The first-order chi connectivity index (χ1) is 9.61. The lowest BCUT2D eigenvalue weighted by Gasteiger charge is -2.07. The summed E-state index contributed by atoms with van der Waals surface area (Å²) in [7, 11) is 0. The number of carbonyl (C=O) groups is 1. The van der Waals surface area contributed by atoms with Crippen molar-refractivity contribution in [1.82, 2.24) is 4.98 Å². The van der Waals surface area contributed by atoms with Crippen molar-refractivity contribution >= 4 is 35.2 Å². The Balaban J connectivity index is 0.000000956. The predicted octanol–water partition coefficient (Wildman–Crippen LogP) is 4.72. The fourth-order valence-electron chi connectivity index (χ4n) is 1.97. The van der Waals surface area contributed by atoms with Gasteiger partial charge in [-0.2, -0.15) is 0 Å². The monoisotopic (exact) mass is 308 g/mol. The summed E-state index contributed by atoms with van der Waals surface area (Å²) in [5, 5.41) is 8.55. The van der Waals surface area contributed by atoms with Crippen LogP contribution >= 0.6 is 22.7 Å². The Kier molecular flexibility index (Phi) is 6.75. The van der Waals surface area contributed by atoms with Crippen LogP contribution in [0.5, 0.6) is 0 Å². The van der Waals surface area contributed by atoms with E-state index in [9.17, 15) is 4.79 Å². The van der Waals surface area contributed by atoms with Crippen molar-refractivity contribution in [3.8, 4) is 0 Å². The Morgan fingerprint density at radius 2 is 2.20 bits per heavy atom. The molecule has 5 heteroatoms. The van der Waals surface area contributed by atoms with Gasteiger partial charge in [-0.25, -0.2) is 4.98 Å². The molecule has 0 fully saturated rings. The Morgan fingerprint density at radius 3 is 2.75 bits per heavy atom. The maximum Gasteiger partial charge on any atom is 0.175 e. The first kappa shape index (κ1) is 16.7. The number of aromatic nitrogens is 1. The number of rotatable bonds is 5. The van der Waals surface area contributed by atoms with E-state index in [1.807, 2.05) is 19.9 Å². The van der Waals surface area contributed by atoms with Gasteiger partial charge in [-0.3, -0.25) is 4.79 Å². The van der Waals surface area contributed by atoms with Crippen LogP contribution in [0.3, 0.4) is 0 Å². The van der Waals surface area contributed by atoms with Crippen molar-refractivity contribution in [1.29, 1.82) is 5.41 Å². The smallest absolute Gasteiger partial charge is 0.175 e. The minimum Gasteiger partial charge on any atom is -0.317 e. The number of ketones is 1. The highest BCUT2D eigenvalue weighted by Crippen LogP contribution is 2.28. The summed E-state index contributed by atoms with van der Waals surface area (Å²) in [6, 6.07) is 4.14. The zero-order valence-corrected chi connectivity index (χ0v) is 13.7. The van der Waals surface area contributed by atoms with E-state index in [1.165, 1.54) is 16.2 Å². The van der Waals surface area contributed by atoms with Crippen LogP contribution in [0.2, 0.25) is 0 Å². The summed E-state index contributed by atoms with van der Waals surface area (Å²) in [6.45, 7) is 8.63. The third-order valence-electron chi connectivity index (χ3n) is 2.91. The largest absolute Gasteiger partial charge is 0.317 e. The third-order valence-corrected chi connectivity index (χ3v) is 5.07. The van der Waals surface area contributed by atoms with E-state index < -0.39 is 0 Å². The van der Waals surface area contributed by atoms with Crippen molar-refractivity contribution in [3.05, 3.63) is 38.0 Å². The van der Waals surface area contributed by atoms with E-state index in [-0.39, 0.29) is 5.78 Å². The maximum atomic E-state index is 12.3. The Bertz CT molecular complexity index is 546. The molecular formula is C15H20N2OS2. The highest BCUT2D eigenvalue weighted by atomic mass is 32.1. The lowest BCUT2D eigenvalue weighted by Crippen LogP contribution is -2.04. The lowest BCUT2D eigenvalue weighted by molar-refractivity contribution is 0.0979. The van der Waals surface area contributed by atoms with E-state index in [0.29, 0.717) is 12.3 Å². The zero-order valence-electron chi connectivity index (χ0n) is 12.1. The van der Waals surface area contributed by atoms with E-state index in [4.69, 9.17) is 5.41 Å². The van der Waals surface area contributed by atoms with Gasteiger partial charge in [0.2, 0.25) is 0 Å². The molecule has 0 saturated carbocycles. The van der Waals surface area contributed by atoms with E-state index in [1.54, 1.807) is 11.3 Å². The fourth-order valence-corrected chi connectivity index (χ4v) is 3.71. The summed E-state index contributed by atoms with van der Waals surface area (Å²) in [5.41, 5.74) is 0.959. The van der Waals surface area contributed by atoms with Crippen LogP contribution in [0.1, 0.15) is 51.4 Å². The number of carbonyl (C=O) groups excluding carboxylic acids is 1. The van der Waals surface area contributed by atoms with Crippen LogP contribution in [-0.4, -0.2) is 17.5 Å². The van der Waals surface area contributed by atoms with Gasteiger partial charge in [0.1, 0.15) is 0 Å². The number of aryl methyl sites for hydroxylation is 2. The van der Waals surface area contributed by atoms with Gasteiger partial charge in [-0.05, 0) is 37.4 Å². The van der Waals surface area contributed by atoms with Crippen molar-refractivity contribution in [2.75, 3.05) is 0 Å². The highest BCUT2D eigenvalue weighted by Gasteiger charge is 2.19. The molecule has 3 nitrogen and oxygen atoms in total. The van der Waals surface area contributed by atoms with Gasteiger partial charge < -0.3 is 5.41 Å². The molecule has 1 unspecified atom stereocenters. The molecule has 2 rings (SSSR count). The van der Waals surface area contributed by atoms with Gasteiger partial charge in [-0.1, -0.05) is 19.9 Å². The highest BCUT2D eigenvalue weighted by molar-refractivity contribution is 7.13. The molecule has 0 aliphatic rings. The molecule has 2 aromatic heterocycles. The van der Waals surface area contributed by atoms with E-state index in [2.05, 4.69) is 30.1 Å². The van der Waals surface area contributed by atoms with Crippen LogP contribution in [0, 0.1) is 12.3 Å². The van der Waals surface area contributed by atoms with Gasteiger partial charge in [0.05, 0.1) is 15.6 Å². The average molecular weight is 308 g/mol. The lowest BCUT2D eigenvalue weighted by atomic mass is 10.0. The molecule has 0 amide bonds. The Hall–Kier alpha value is -1.33. The molecule has 108 valence electrons. The number of thiophene rings is 1. The normalized spacial score (nSPS) is 11.6. The molecule has 2 aromatic rings. The number of hydrogen-bond acceptors (Lipinski definition) is 5. The summed E-state index contributed by atoms with van der Waals surface area (Å²) in [4.78, 5) is 18.9. The summed E-state index contributed by atoms with van der Waals surface area (Å²) in [5.74, 6) is 0.531. The molecule has 0 radical (unpaired) electrons. The van der Waals surface area contributed by atoms with Crippen molar-refractivity contribution in [2.24, 2.45) is 0 Å². The van der Waals surface area contributed by atoms with Crippen LogP contribution < -0.4 is 0 Å². The summed E-state index contributed by atoms with van der Waals surface area (Å²) >= 11 is 3.25. The first-order valence-corrected chi connectivity index (χ1v) is 8.19. The molecule has 0 spiro atoms. The quantitative estimate of drug-likeness (QED) is 0.642. The molecule has 0 aliphatic heterocycles. The molecule has 1 N–H and O–H groups in total. The first-order valence-electron chi connectivity index (χ1n) is 6.50. The Morgan fingerprint density at radius 1 is 1.50 bits per heavy atom. The van der Waals surface area contributed by atoms with Crippen LogP contribution in [0.15, 0.2) is 17.5 Å². The van der Waals surface area contributed by atoms with Crippen LogP contribution in [-0.2, 0) is 6.42 Å². The standard InChI is InChI=1S/C14H17NOS2.CH3N/c1-4-11-14(18-10(3)15-11)12(16)8-9(2)13-6-5-7-17-13;1-2/h5-7,9H,4,8H2,1-3H3;2H,1H2. The molecule has 0 bridgehead atoms. The number of hydrogen-bond donors (Lipinski definition) is 1. The van der Waals surface area contributed by atoms with Crippen LogP contribution in [0.25, 0.3) is 0 Å². The van der Waals surface area contributed by atoms with Gasteiger partial charge in [-0.15, -0.1) is 22.7 Å². The van der Waals surface area contributed by atoms with Gasteiger partial charge in [0.15, 0.2) is 5.78 Å². The van der Waals surface area contributed by atoms with Crippen LogP contribution in [0.4, 0.5) is 0 Å². The third kappa shape index (κ3) is 4.08. The number of nitrogens with zero attached hydrogens (tertiary/aromatic N) is 1. The van der Waals surface area contributed by atoms with Crippen molar-refractivity contribution < 1.29 is 4.79 Å². The molecule has 0 aliphatic carbocycles. The van der Waals surface area contributed by atoms with Crippen molar-refractivity contribution in [2.45, 2.75) is 39.5 Å². The second kappa shape index (κ2) is 8.07. The van der Waals surface area contributed by atoms with Gasteiger partial charge in [0.25, 0.3) is 0 Å². The molecular weight excluding hydrogens is 288 g/mol. The molecule has 20 heavy (non-hydrogen) atoms. The molecule has 2 heterocycles. The number of nitrogens with one attached hydrogen (secondary N) is 1. The number of thiazole rings is 1. The van der Waals surface area contributed by atoms with Gasteiger partial charge in [0, 0.05) is 11.3 Å². The molecule has 0 saturated heterocycles. The predicted molar refractivity (Wildman–Crippen MR) is 87.8 cm³/mol. The van der Waals surface area contributed by atoms with E-state index >= 15 is 0 Å². The second-order valence-electron chi connectivity index (χ2n) is 4.41. The number of Topliss-reactive ketones (excluding diaryl/α,β-unsaturated/α-hetero) is 1. The SMILES string of the molecule is C=N.CCc1nc(C)sc1C(=O)CC(C)c1cccs1. The van der Waals surface area contributed by atoms with Gasteiger partial charge >= 0.3 is 0 Å². The Labute approximate surface area is 128 Å². The van der Waals surface area contributed by atoms with E-state index in [0.717, 1.165) is 22.0 Å². The zero-order chi connectivity index (χ0) is 15.1. The second-order valence-corrected chi connectivity index (χ2v) is 6.59. The molecule has 0 aromatic carbocycles. The summed E-state index contributed by atoms with van der Waals surface area (Å²) < 4.78 is 0. The minimum atomic E-state index is 0.235. The topological polar surface area (TPSA) is 53.8 Å². The average Bonchev–Trinajstić information content (AvgIpc) is 3.09. The van der Waals surface area contributed by atoms with Crippen molar-refractivity contribution in [3.63, 3.8) is 0 Å². The maximum absolute atomic E-state index is 12.3. The minimum absolute atomic E-state index is 0.235.